The number of carbonyl (C=O) groups is 1. The Hall–Kier alpha value is -0.650. The predicted octanol–water partition coefficient (Wildman–Crippen LogP) is 12.6. The van der Waals surface area contributed by atoms with Crippen LogP contribution in [0.15, 0.2) is 0 Å². The minimum atomic E-state index is -1.24. The van der Waals surface area contributed by atoms with Crippen LogP contribution in [0.4, 0.5) is 0 Å². The maximum absolute atomic E-state index is 12.5. The van der Waals surface area contributed by atoms with Gasteiger partial charge in [0, 0.05) is 13.0 Å². The van der Waals surface area contributed by atoms with E-state index in [2.05, 4.69) is 60.7 Å². The average molecular weight is 784 g/mol. The molecule has 1 amide bonds. The Balaban J connectivity index is 1.01. The summed E-state index contributed by atoms with van der Waals surface area (Å²) in [6.45, 7) is 20.8. The first-order valence-corrected chi connectivity index (χ1v) is 24.9. The van der Waals surface area contributed by atoms with Gasteiger partial charge < -0.3 is 20.6 Å². The topological polar surface area (TPSA) is 89.8 Å². The SMILES string of the molecule is CCCCCCCCCCCCCCCC(=O)NC[C@H](O)[C@H](O)[C@H](O)CC[C@@H](C)[C@H]1CC[C@]2(C)[C@H]3CC[C@@H]4[C@@]5(C)CCCC(C)(C)[C@@H]5CC[C@@]4(C)[C@]3(C)CC[C@@H]12. The van der Waals surface area contributed by atoms with Gasteiger partial charge >= 0.3 is 0 Å². The molecule has 0 aromatic carbocycles. The van der Waals surface area contributed by atoms with Gasteiger partial charge in [-0.2, -0.15) is 0 Å². The summed E-state index contributed by atoms with van der Waals surface area (Å²) in [6, 6.07) is 0. The Morgan fingerprint density at radius 3 is 1.77 bits per heavy atom. The number of carbonyl (C=O) groups excluding carboxylic acids is 1. The lowest BCUT2D eigenvalue weighted by molar-refractivity contribution is -0.241. The van der Waals surface area contributed by atoms with Gasteiger partial charge in [-0.1, -0.05) is 139 Å². The fourth-order valence-corrected chi connectivity index (χ4v) is 15.8. The number of aliphatic hydroxyl groups excluding tert-OH is 3. The molecule has 13 atom stereocenters. The van der Waals surface area contributed by atoms with Gasteiger partial charge in [0.05, 0.1) is 12.2 Å². The van der Waals surface area contributed by atoms with Crippen molar-refractivity contribution in [3.8, 4) is 0 Å². The third kappa shape index (κ3) is 9.77. The number of unbranched alkanes of at least 4 members (excludes halogenated alkanes) is 12. The van der Waals surface area contributed by atoms with E-state index in [4.69, 9.17) is 0 Å². The molecule has 0 aromatic rings. The van der Waals surface area contributed by atoms with Gasteiger partial charge in [0.1, 0.15) is 6.10 Å². The summed E-state index contributed by atoms with van der Waals surface area (Å²) in [5.74, 6) is 4.35. The highest BCUT2D eigenvalue weighted by atomic mass is 16.4. The Labute approximate surface area is 346 Å². The van der Waals surface area contributed by atoms with Crippen molar-refractivity contribution in [2.45, 2.75) is 247 Å². The van der Waals surface area contributed by atoms with E-state index in [9.17, 15) is 20.1 Å². The molecule has 0 heterocycles. The molecule has 5 rings (SSSR count). The van der Waals surface area contributed by atoms with Gasteiger partial charge in [-0.05, 0) is 146 Å². The normalized spacial score (nSPS) is 38.4. The van der Waals surface area contributed by atoms with Crippen molar-refractivity contribution >= 4 is 5.91 Å². The second-order valence-electron chi connectivity index (χ2n) is 22.8. The molecule has 0 unspecified atom stereocenters. The van der Waals surface area contributed by atoms with Crippen LogP contribution in [0.25, 0.3) is 0 Å². The fourth-order valence-electron chi connectivity index (χ4n) is 15.8. The van der Waals surface area contributed by atoms with Crippen LogP contribution in [0.5, 0.6) is 0 Å². The fraction of sp³-hybridized carbons (Fsp3) is 0.980. The van der Waals surface area contributed by atoms with E-state index in [0.29, 0.717) is 51.8 Å². The largest absolute Gasteiger partial charge is 0.390 e. The van der Waals surface area contributed by atoms with E-state index in [1.807, 2.05) is 0 Å². The van der Waals surface area contributed by atoms with E-state index < -0.39 is 18.3 Å². The first kappa shape index (κ1) is 46.4. The molecular weight excluding hydrogens is 691 g/mol. The zero-order valence-corrected chi connectivity index (χ0v) is 38.2. The summed E-state index contributed by atoms with van der Waals surface area (Å²) in [4.78, 5) is 12.5. The summed E-state index contributed by atoms with van der Waals surface area (Å²) < 4.78 is 0. The molecule has 56 heavy (non-hydrogen) atoms. The van der Waals surface area contributed by atoms with E-state index >= 15 is 0 Å². The number of amides is 1. The van der Waals surface area contributed by atoms with E-state index in [1.54, 1.807) is 0 Å². The molecule has 0 aromatic heterocycles. The quantitative estimate of drug-likeness (QED) is 0.0823. The molecule has 4 N–H and O–H groups in total. The lowest BCUT2D eigenvalue weighted by Gasteiger charge is -2.73. The van der Waals surface area contributed by atoms with Crippen molar-refractivity contribution in [1.82, 2.24) is 5.32 Å². The number of hydrogen-bond donors (Lipinski definition) is 4. The zero-order chi connectivity index (χ0) is 40.8. The van der Waals surface area contributed by atoms with Crippen LogP contribution in [0.3, 0.4) is 0 Å². The molecule has 5 aliphatic carbocycles. The van der Waals surface area contributed by atoms with Crippen molar-refractivity contribution in [3.63, 3.8) is 0 Å². The number of hydrogen-bond acceptors (Lipinski definition) is 4. The lowest BCUT2D eigenvalue weighted by atomic mass is 9.32. The Kier molecular flexibility index (Phi) is 16.4. The molecule has 0 saturated heterocycles. The molecule has 0 bridgehead atoms. The van der Waals surface area contributed by atoms with Crippen molar-refractivity contribution in [2.75, 3.05) is 6.54 Å². The zero-order valence-electron chi connectivity index (χ0n) is 38.2. The highest BCUT2D eigenvalue weighted by Gasteiger charge is 2.70. The molecule has 5 heteroatoms. The molecule has 0 aliphatic heterocycles. The second-order valence-corrected chi connectivity index (χ2v) is 22.8. The minimum Gasteiger partial charge on any atom is -0.390 e. The molecule has 0 radical (unpaired) electrons. The summed E-state index contributed by atoms with van der Waals surface area (Å²) in [5.41, 5.74) is 2.20. The molecule has 5 nitrogen and oxygen atoms in total. The first-order valence-electron chi connectivity index (χ1n) is 24.9. The van der Waals surface area contributed by atoms with Crippen molar-refractivity contribution < 1.29 is 20.1 Å². The maximum atomic E-state index is 12.5. The smallest absolute Gasteiger partial charge is 0.220 e. The van der Waals surface area contributed by atoms with Gasteiger partial charge in [-0.3, -0.25) is 4.79 Å². The van der Waals surface area contributed by atoms with Crippen LogP contribution >= 0.6 is 0 Å². The number of aliphatic hydroxyl groups is 3. The van der Waals surface area contributed by atoms with Crippen LogP contribution in [0.2, 0.25) is 0 Å². The Morgan fingerprint density at radius 1 is 0.607 bits per heavy atom. The van der Waals surface area contributed by atoms with Gasteiger partial charge in [-0.25, -0.2) is 0 Å². The van der Waals surface area contributed by atoms with Crippen LogP contribution in [0.1, 0.15) is 229 Å². The lowest BCUT2D eigenvalue weighted by Crippen LogP contribution is -2.65. The molecule has 5 saturated carbocycles. The van der Waals surface area contributed by atoms with Gasteiger partial charge in [0.15, 0.2) is 0 Å². The Morgan fingerprint density at radius 2 is 1.16 bits per heavy atom. The molecule has 5 aliphatic rings. The summed E-state index contributed by atoms with van der Waals surface area (Å²) in [5, 5.41) is 35.4. The Bertz CT molecular complexity index is 1220. The summed E-state index contributed by atoms with van der Waals surface area (Å²) in [7, 11) is 0. The minimum absolute atomic E-state index is 0.00832. The standard InChI is InChI=1S/C51H93NO4/c1-9-10-11-12-13-14-15-16-17-18-19-20-21-23-45(55)52-36-41(54)46(56)40(53)25-24-37(2)38-28-33-48(5)39(38)29-34-50(7)43(48)26-27-44-49(6)32-22-31-47(3,4)42(49)30-35-51(44,50)8/h37-44,46,53-54,56H,9-36H2,1-8H3,(H,52,55)/t37-,38-,39+,40-,41+,42+,43-,44-,46-,48+,49+,50-,51-/m1/s1. The third-order valence-corrected chi connectivity index (χ3v) is 19.2. The van der Waals surface area contributed by atoms with Gasteiger partial charge in [-0.15, -0.1) is 0 Å². The second kappa shape index (κ2) is 19.8. The van der Waals surface area contributed by atoms with Crippen molar-refractivity contribution in [1.29, 1.82) is 0 Å². The van der Waals surface area contributed by atoms with Crippen LogP contribution in [0, 0.1) is 62.6 Å². The molecule has 5 fully saturated rings. The maximum Gasteiger partial charge on any atom is 0.220 e. The highest BCUT2D eigenvalue weighted by Crippen LogP contribution is 2.78. The third-order valence-electron chi connectivity index (χ3n) is 19.2. The molecular formula is C51H93NO4. The van der Waals surface area contributed by atoms with Crippen molar-refractivity contribution in [2.24, 2.45) is 62.6 Å². The van der Waals surface area contributed by atoms with E-state index in [1.165, 1.54) is 141 Å². The van der Waals surface area contributed by atoms with Crippen LogP contribution in [-0.4, -0.2) is 46.1 Å². The number of nitrogens with one attached hydrogen (secondary N) is 1. The van der Waals surface area contributed by atoms with Crippen LogP contribution in [-0.2, 0) is 4.79 Å². The first-order chi connectivity index (χ1) is 26.5. The predicted molar refractivity (Wildman–Crippen MR) is 234 cm³/mol. The van der Waals surface area contributed by atoms with E-state index in [0.717, 1.165) is 42.9 Å². The highest BCUT2D eigenvalue weighted by molar-refractivity contribution is 5.75. The van der Waals surface area contributed by atoms with Crippen LogP contribution < -0.4 is 5.32 Å². The monoisotopic (exact) mass is 784 g/mol. The number of fused-ring (bicyclic) bond motifs is 7. The summed E-state index contributed by atoms with van der Waals surface area (Å²) in [6.07, 6.45) is 30.3. The number of rotatable bonds is 22. The van der Waals surface area contributed by atoms with Gasteiger partial charge in [0.25, 0.3) is 0 Å². The average Bonchev–Trinajstić information content (AvgIpc) is 3.51. The molecule has 326 valence electrons. The molecule has 0 spiro atoms. The van der Waals surface area contributed by atoms with Gasteiger partial charge in [0.2, 0.25) is 5.91 Å². The van der Waals surface area contributed by atoms with Crippen molar-refractivity contribution in [3.05, 3.63) is 0 Å². The summed E-state index contributed by atoms with van der Waals surface area (Å²) >= 11 is 0. The van der Waals surface area contributed by atoms with E-state index in [-0.39, 0.29) is 12.5 Å².